The number of halogens is 3. The molecule has 128 valence electrons. The van der Waals surface area contributed by atoms with Crippen LogP contribution in [0.25, 0.3) is 17.0 Å². The Labute approximate surface area is 153 Å². The van der Waals surface area contributed by atoms with Crippen LogP contribution in [0.1, 0.15) is 16.7 Å². The summed E-state index contributed by atoms with van der Waals surface area (Å²) in [6.07, 6.45) is 4.29. The van der Waals surface area contributed by atoms with E-state index in [0.717, 1.165) is 28.1 Å². The van der Waals surface area contributed by atoms with Gasteiger partial charge in [-0.15, -0.1) is 0 Å². The van der Waals surface area contributed by atoms with Gasteiger partial charge in [-0.1, -0.05) is 29.3 Å². The van der Waals surface area contributed by atoms with Gasteiger partial charge < -0.3 is 9.67 Å². The maximum absolute atomic E-state index is 13.9. The van der Waals surface area contributed by atoms with E-state index >= 15 is 0 Å². The molecule has 0 saturated carbocycles. The topological polar surface area (TPSA) is 42.2 Å². The summed E-state index contributed by atoms with van der Waals surface area (Å²) in [5.74, 6) is -1.50. The van der Waals surface area contributed by atoms with Gasteiger partial charge in [-0.25, -0.2) is 9.18 Å². The molecule has 0 radical (unpaired) electrons. The van der Waals surface area contributed by atoms with Crippen molar-refractivity contribution in [2.75, 3.05) is 0 Å². The van der Waals surface area contributed by atoms with Gasteiger partial charge in [0.05, 0.1) is 5.52 Å². The lowest BCUT2D eigenvalue weighted by atomic mass is 10.1. The highest BCUT2D eigenvalue weighted by Gasteiger charge is 2.13. The fraction of sp³-hybridized carbons (Fsp3) is 0.105. The summed E-state index contributed by atoms with van der Waals surface area (Å²) in [7, 11) is 0. The molecule has 1 aromatic heterocycles. The van der Waals surface area contributed by atoms with E-state index in [0.29, 0.717) is 22.2 Å². The van der Waals surface area contributed by atoms with E-state index in [-0.39, 0.29) is 0 Å². The number of nitrogens with zero attached hydrogens (tertiary/aromatic N) is 1. The van der Waals surface area contributed by atoms with Crippen LogP contribution in [0.15, 0.2) is 42.6 Å². The summed E-state index contributed by atoms with van der Waals surface area (Å²) >= 11 is 12.2. The normalized spacial score (nSPS) is 11.5. The smallest absolute Gasteiger partial charge is 0.328 e. The first-order valence-corrected chi connectivity index (χ1v) is 8.24. The Morgan fingerprint density at radius 1 is 1.28 bits per heavy atom. The Bertz CT molecular complexity index is 1010. The number of aryl methyl sites for hydroxylation is 1. The molecular formula is C19H14Cl2FNO2. The van der Waals surface area contributed by atoms with Crippen LogP contribution in [0, 0.1) is 12.7 Å². The van der Waals surface area contributed by atoms with Crippen LogP contribution in [-0.4, -0.2) is 15.6 Å². The van der Waals surface area contributed by atoms with Crippen LogP contribution < -0.4 is 0 Å². The van der Waals surface area contributed by atoms with Gasteiger partial charge in [0.2, 0.25) is 0 Å². The van der Waals surface area contributed by atoms with Crippen molar-refractivity contribution < 1.29 is 14.3 Å². The minimum absolute atomic E-state index is 0.414. The number of carboxylic acid groups (broad SMARTS) is 1. The molecule has 0 spiro atoms. The molecule has 0 aliphatic rings. The average Bonchev–Trinajstić information content (AvgIpc) is 2.84. The number of hydrogen-bond donors (Lipinski definition) is 1. The largest absolute Gasteiger partial charge is 0.478 e. The predicted octanol–water partition coefficient (Wildman–Crippen LogP) is 5.54. The highest BCUT2D eigenvalue weighted by atomic mass is 35.5. The van der Waals surface area contributed by atoms with Gasteiger partial charge >= 0.3 is 5.97 Å². The molecule has 2 aromatic carbocycles. The Hall–Kier alpha value is -2.30. The molecule has 1 N–H and O–H groups in total. The fourth-order valence-electron chi connectivity index (χ4n) is 2.86. The summed E-state index contributed by atoms with van der Waals surface area (Å²) < 4.78 is 15.9. The summed E-state index contributed by atoms with van der Waals surface area (Å²) in [4.78, 5) is 10.8. The van der Waals surface area contributed by atoms with E-state index in [1.165, 1.54) is 18.2 Å². The first-order chi connectivity index (χ1) is 11.8. The van der Waals surface area contributed by atoms with Crippen LogP contribution in [0.2, 0.25) is 10.0 Å². The molecule has 3 aromatic rings. The SMILES string of the molecule is Cc1cn(Cc2ccc(Cl)cc2Cl)c2c(C=CC(=O)O)cc(F)cc12. The second-order valence-electron chi connectivity index (χ2n) is 5.74. The first-order valence-electron chi connectivity index (χ1n) is 7.49. The van der Waals surface area contributed by atoms with Crippen molar-refractivity contribution in [1.82, 2.24) is 4.57 Å². The Kier molecular flexibility index (Phi) is 4.84. The number of aromatic nitrogens is 1. The zero-order valence-electron chi connectivity index (χ0n) is 13.3. The van der Waals surface area contributed by atoms with E-state index in [9.17, 15) is 9.18 Å². The third-order valence-electron chi connectivity index (χ3n) is 3.93. The van der Waals surface area contributed by atoms with Crippen molar-refractivity contribution in [3.05, 3.63) is 75.2 Å². The predicted molar refractivity (Wildman–Crippen MR) is 98.9 cm³/mol. The highest BCUT2D eigenvalue weighted by molar-refractivity contribution is 6.35. The second-order valence-corrected chi connectivity index (χ2v) is 6.58. The monoisotopic (exact) mass is 377 g/mol. The Balaban J connectivity index is 2.16. The number of aliphatic carboxylic acids is 1. The molecule has 0 bridgehead atoms. The molecule has 0 amide bonds. The summed E-state index contributed by atoms with van der Waals surface area (Å²) in [5.41, 5.74) is 3.00. The second kappa shape index (κ2) is 6.90. The maximum Gasteiger partial charge on any atom is 0.328 e. The standard InChI is InChI=1S/C19H14Cl2FNO2/c1-11-9-23(10-13-2-4-14(20)7-17(13)21)19-12(3-5-18(24)25)6-15(22)8-16(11)19/h2-9H,10H2,1H3,(H,24,25). The van der Waals surface area contributed by atoms with Gasteiger partial charge in [-0.05, 0) is 48.4 Å². The van der Waals surface area contributed by atoms with E-state index in [1.54, 1.807) is 12.1 Å². The van der Waals surface area contributed by atoms with Gasteiger partial charge in [0.15, 0.2) is 0 Å². The van der Waals surface area contributed by atoms with Crippen molar-refractivity contribution in [2.24, 2.45) is 0 Å². The van der Waals surface area contributed by atoms with Crippen molar-refractivity contribution in [3.63, 3.8) is 0 Å². The van der Waals surface area contributed by atoms with Gasteiger partial charge in [0.1, 0.15) is 5.82 Å². The highest BCUT2D eigenvalue weighted by Crippen LogP contribution is 2.29. The number of hydrogen-bond acceptors (Lipinski definition) is 1. The third-order valence-corrected chi connectivity index (χ3v) is 4.51. The molecule has 1 heterocycles. The van der Waals surface area contributed by atoms with Crippen molar-refractivity contribution in [2.45, 2.75) is 13.5 Å². The van der Waals surface area contributed by atoms with Gasteiger partial charge in [-0.2, -0.15) is 0 Å². The van der Waals surface area contributed by atoms with Gasteiger partial charge in [0.25, 0.3) is 0 Å². The molecule has 6 heteroatoms. The van der Waals surface area contributed by atoms with Crippen LogP contribution in [0.5, 0.6) is 0 Å². The van der Waals surface area contributed by atoms with Crippen LogP contribution >= 0.6 is 23.2 Å². The molecule has 3 rings (SSSR count). The van der Waals surface area contributed by atoms with Crippen LogP contribution in [-0.2, 0) is 11.3 Å². The number of fused-ring (bicyclic) bond motifs is 1. The lowest BCUT2D eigenvalue weighted by Gasteiger charge is -2.10. The summed E-state index contributed by atoms with van der Waals surface area (Å²) in [6, 6.07) is 8.03. The molecule has 0 aliphatic heterocycles. The molecule has 25 heavy (non-hydrogen) atoms. The summed E-state index contributed by atoms with van der Waals surface area (Å²) in [6.45, 7) is 2.34. The average molecular weight is 378 g/mol. The Morgan fingerprint density at radius 2 is 2.04 bits per heavy atom. The van der Waals surface area contributed by atoms with Gasteiger partial charge in [-0.3, -0.25) is 0 Å². The molecule has 0 fully saturated rings. The number of benzene rings is 2. The molecule has 0 saturated heterocycles. The zero-order chi connectivity index (χ0) is 18.1. The fourth-order valence-corrected chi connectivity index (χ4v) is 3.32. The number of carbonyl (C=O) groups is 1. The first kappa shape index (κ1) is 17.5. The van der Waals surface area contributed by atoms with Crippen LogP contribution in [0.3, 0.4) is 0 Å². The molecule has 0 atom stereocenters. The minimum atomic E-state index is -1.09. The lowest BCUT2D eigenvalue weighted by Crippen LogP contribution is -2.00. The van der Waals surface area contributed by atoms with Crippen LogP contribution in [0.4, 0.5) is 4.39 Å². The van der Waals surface area contributed by atoms with E-state index < -0.39 is 11.8 Å². The minimum Gasteiger partial charge on any atom is -0.478 e. The summed E-state index contributed by atoms with van der Waals surface area (Å²) in [5, 5.41) is 10.7. The van der Waals surface area contributed by atoms with E-state index in [4.69, 9.17) is 28.3 Å². The number of carboxylic acids is 1. The van der Waals surface area contributed by atoms with E-state index in [1.807, 2.05) is 23.8 Å². The zero-order valence-corrected chi connectivity index (χ0v) is 14.8. The van der Waals surface area contributed by atoms with Crippen molar-refractivity contribution >= 4 is 46.2 Å². The van der Waals surface area contributed by atoms with E-state index in [2.05, 4.69) is 0 Å². The third kappa shape index (κ3) is 3.70. The molecule has 0 unspecified atom stereocenters. The van der Waals surface area contributed by atoms with Gasteiger partial charge in [0, 0.05) is 39.8 Å². The quantitative estimate of drug-likeness (QED) is 0.606. The van der Waals surface area contributed by atoms with Crippen molar-refractivity contribution in [3.8, 4) is 0 Å². The maximum atomic E-state index is 13.9. The molecular weight excluding hydrogens is 364 g/mol. The van der Waals surface area contributed by atoms with Crippen molar-refractivity contribution in [1.29, 1.82) is 0 Å². The lowest BCUT2D eigenvalue weighted by molar-refractivity contribution is -0.131. The number of rotatable bonds is 4. The molecule has 0 aliphatic carbocycles. The Morgan fingerprint density at radius 3 is 2.72 bits per heavy atom. The molecule has 3 nitrogen and oxygen atoms in total.